The molecule has 1 aromatic carbocycles. The van der Waals surface area contributed by atoms with Crippen molar-refractivity contribution in [2.45, 2.75) is 6.92 Å². The zero-order chi connectivity index (χ0) is 14.7. The van der Waals surface area contributed by atoms with Crippen LogP contribution in [0.5, 0.6) is 0 Å². The molecule has 0 spiro atoms. The third kappa shape index (κ3) is 3.10. The Morgan fingerprint density at radius 1 is 1.35 bits per heavy atom. The van der Waals surface area contributed by atoms with Gasteiger partial charge in [-0.25, -0.2) is 0 Å². The maximum absolute atomic E-state index is 12.0. The number of nitro groups is 1. The Kier molecular flexibility index (Phi) is 3.95. The molecule has 6 nitrogen and oxygen atoms in total. The second-order valence-corrected chi connectivity index (χ2v) is 4.54. The number of pyridine rings is 1. The smallest absolute Gasteiger partial charge is 0.288 e. The first-order valence-corrected chi connectivity index (χ1v) is 6.02. The van der Waals surface area contributed by atoms with Crippen molar-refractivity contribution in [2.75, 3.05) is 5.32 Å². The summed E-state index contributed by atoms with van der Waals surface area (Å²) in [5.41, 5.74) is 1.27. The number of nitrogens with one attached hydrogen (secondary N) is 1. The molecule has 1 aromatic heterocycles. The molecule has 1 N–H and O–H groups in total. The number of hydrogen-bond donors (Lipinski definition) is 1. The molecular weight excluding hydrogens is 282 g/mol. The maximum atomic E-state index is 12.0. The predicted molar refractivity (Wildman–Crippen MR) is 75.0 cm³/mol. The third-order valence-electron chi connectivity index (χ3n) is 2.54. The molecule has 0 fully saturated rings. The Morgan fingerprint density at radius 3 is 2.75 bits per heavy atom. The van der Waals surface area contributed by atoms with Crippen molar-refractivity contribution in [2.24, 2.45) is 0 Å². The first-order valence-electron chi connectivity index (χ1n) is 5.64. The van der Waals surface area contributed by atoms with Crippen LogP contribution in [0.4, 0.5) is 11.4 Å². The summed E-state index contributed by atoms with van der Waals surface area (Å²) in [6.45, 7) is 1.84. The van der Waals surface area contributed by atoms with Gasteiger partial charge in [0.05, 0.1) is 16.8 Å². The van der Waals surface area contributed by atoms with Gasteiger partial charge in [0, 0.05) is 17.8 Å². The van der Waals surface area contributed by atoms with Crippen molar-refractivity contribution >= 4 is 28.9 Å². The van der Waals surface area contributed by atoms with Crippen LogP contribution in [0, 0.1) is 17.0 Å². The highest BCUT2D eigenvalue weighted by molar-refractivity contribution is 6.32. The average molecular weight is 292 g/mol. The Morgan fingerprint density at radius 2 is 2.10 bits per heavy atom. The summed E-state index contributed by atoms with van der Waals surface area (Å²) >= 11 is 5.69. The lowest BCUT2D eigenvalue weighted by Crippen LogP contribution is -2.12. The van der Waals surface area contributed by atoms with Crippen LogP contribution in [0.1, 0.15) is 15.9 Å². The normalized spacial score (nSPS) is 10.1. The standard InChI is InChI=1S/C13H10ClN3O3/c1-8-4-10(7-15-6-8)16-13(18)9-2-3-11(14)12(5-9)17(19)20/h2-7H,1H3,(H,16,18). The molecule has 0 saturated carbocycles. The number of nitro benzene ring substituents is 1. The van der Waals surface area contributed by atoms with E-state index in [1.807, 2.05) is 6.92 Å². The molecule has 0 aliphatic heterocycles. The van der Waals surface area contributed by atoms with E-state index in [-0.39, 0.29) is 16.3 Å². The summed E-state index contributed by atoms with van der Waals surface area (Å²) in [5.74, 6) is -0.461. The lowest BCUT2D eigenvalue weighted by molar-refractivity contribution is -0.384. The van der Waals surface area contributed by atoms with Gasteiger partial charge in [-0.2, -0.15) is 0 Å². The van der Waals surface area contributed by atoms with E-state index in [9.17, 15) is 14.9 Å². The van der Waals surface area contributed by atoms with Gasteiger partial charge >= 0.3 is 0 Å². The highest BCUT2D eigenvalue weighted by atomic mass is 35.5. The molecule has 0 saturated heterocycles. The lowest BCUT2D eigenvalue weighted by atomic mass is 10.2. The van der Waals surface area contributed by atoms with Crippen molar-refractivity contribution in [1.29, 1.82) is 0 Å². The summed E-state index contributed by atoms with van der Waals surface area (Å²) in [7, 11) is 0. The zero-order valence-electron chi connectivity index (χ0n) is 10.5. The molecule has 0 unspecified atom stereocenters. The SMILES string of the molecule is Cc1cncc(NC(=O)c2ccc(Cl)c([N+](=O)[O-])c2)c1. The minimum absolute atomic E-state index is 0.0104. The van der Waals surface area contributed by atoms with Crippen molar-refractivity contribution in [3.63, 3.8) is 0 Å². The number of carbonyl (C=O) groups excluding carboxylic acids is 1. The van der Waals surface area contributed by atoms with Crippen LogP contribution in [0.3, 0.4) is 0 Å². The van der Waals surface area contributed by atoms with Gasteiger partial charge in [0.2, 0.25) is 0 Å². The minimum Gasteiger partial charge on any atom is -0.321 e. The summed E-state index contributed by atoms with van der Waals surface area (Å²) in [6.07, 6.45) is 3.15. The van der Waals surface area contributed by atoms with Gasteiger partial charge in [0.15, 0.2) is 0 Å². The molecule has 2 aromatic rings. The van der Waals surface area contributed by atoms with E-state index in [2.05, 4.69) is 10.3 Å². The van der Waals surface area contributed by atoms with Crippen LogP contribution in [-0.4, -0.2) is 15.8 Å². The monoisotopic (exact) mass is 291 g/mol. The van der Waals surface area contributed by atoms with Crippen molar-refractivity contribution in [1.82, 2.24) is 4.98 Å². The molecule has 20 heavy (non-hydrogen) atoms. The fourth-order valence-electron chi connectivity index (χ4n) is 1.62. The summed E-state index contributed by atoms with van der Waals surface area (Å²) < 4.78 is 0. The fraction of sp³-hybridized carbons (Fsp3) is 0.0769. The van der Waals surface area contributed by atoms with Crippen molar-refractivity contribution in [3.05, 3.63) is 62.9 Å². The number of halogens is 1. The number of carbonyl (C=O) groups is 1. The van der Waals surface area contributed by atoms with Gasteiger partial charge in [-0.1, -0.05) is 11.6 Å². The van der Waals surface area contributed by atoms with Crippen LogP contribution in [0.2, 0.25) is 5.02 Å². The van der Waals surface area contributed by atoms with E-state index in [0.717, 1.165) is 11.6 Å². The van der Waals surface area contributed by atoms with Crippen LogP contribution >= 0.6 is 11.6 Å². The first-order chi connectivity index (χ1) is 9.47. The second kappa shape index (κ2) is 5.66. The molecule has 0 aliphatic rings. The average Bonchev–Trinajstić information content (AvgIpc) is 2.38. The number of hydrogen-bond acceptors (Lipinski definition) is 4. The topological polar surface area (TPSA) is 85.1 Å². The van der Waals surface area contributed by atoms with Crippen LogP contribution in [0.15, 0.2) is 36.7 Å². The van der Waals surface area contributed by atoms with E-state index in [1.54, 1.807) is 12.3 Å². The van der Waals surface area contributed by atoms with Gasteiger partial charge in [-0.05, 0) is 30.7 Å². The van der Waals surface area contributed by atoms with Gasteiger partial charge in [0.25, 0.3) is 11.6 Å². The molecule has 0 radical (unpaired) electrons. The number of amides is 1. The van der Waals surface area contributed by atoms with Crippen LogP contribution in [-0.2, 0) is 0 Å². The van der Waals surface area contributed by atoms with E-state index in [0.29, 0.717) is 5.69 Å². The number of rotatable bonds is 3. The van der Waals surface area contributed by atoms with Gasteiger partial charge < -0.3 is 5.32 Å². The second-order valence-electron chi connectivity index (χ2n) is 4.13. The van der Waals surface area contributed by atoms with Crippen LogP contribution in [0.25, 0.3) is 0 Å². The Balaban J connectivity index is 2.26. The molecule has 0 aliphatic carbocycles. The maximum Gasteiger partial charge on any atom is 0.288 e. The third-order valence-corrected chi connectivity index (χ3v) is 2.86. The number of benzene rings is 1. The van der Waals surface area contributed by atoms with Crippen LogP contribution < -0.4 is 5.32 Å². The highest BCUT2D eigenvalue weighted by Crippen LogP contribution is 2.25. The van der Waals surface area contributed by atoms with Gasteiger partial charge in [-0.3, -0.25) is 19.9 Å². The van der Waals surface area contributed by atoms with E-state index < -0.39 is 10.8 Å². The molecule has 102 valence electrons. The van der Waals surface area contributed by atoms with E-state index in [1.165, 1.54) is 18.3 Å². The minimum atomic E-state index is -0.632. The van der Waals surface area contributed by atoms with Crippen molar-refractivity contribution < 1.29 is 9.72 Å². The Labute approximate surface area is 119 Å². The fourth-order valence-corrected chi connectivity index (χ4v) is 1.81. The number of nitrogens with zero attached hydrogens (tertiary/aromatic N) is 2. The zero-order valence-corrected chi connectivity index (χ0v) is 11.2. The summed E-state index contributed by atoms with van der Waals surface area (Å²) in [4.78, 5) is 26.1. The molecule has 2 rings (SSSR count). The highest BCUT2D eigenvalue weighted by Gasteiger charge is 2.16. The Hall–Kier alpha value is -2.47. The quantitative estimate of drug-likeness (QED) is 0.695. The predicted octanol–water partition coefficient (Wildman–Crippen LogP) is 3.20. The number of aromatic nitrogens is 1. The Bertz CT molecular complexity index is 688. The summed E-state index contributed by atoms with van der Waals surface area (Å²) in [5, 5.41) is 13.4. The molecule has 1 amide bonds. The lowest BCUT2D eigenvalue weighted by Gasteiger charge is -2.06. The summed E-state index contributed by atoms with van der Waals surface area (Å²) in [6, 6.07) is 5.63. The van der Waals surface area contributed by atoms with Gasteiger partial charge in [0.1, 0.15) is 5.02 Å². The van der Waals surface area contributed by atoms with Crippen molar-refractivity contribution in [3.8, 4) is 0 Å². The van der Waals surface area contributed by atoms with E-state index >= 15 is 0 Å². The van der Waals surface area contributed by atoms with Gasteiger partial charge in [-0.15, -0.1) is 0 Å². The molecule has 1 heterocycles. The van der Waals surface area contributed by atoms with E-state index in [4.69, 9.17) is 11.6 Å². The molecule has 0 atom stereocenters. The molecular formula is C13H10ClN3O3. The molecule has 0 bridgehead atoms. The molecule has 7 heteroatoms. The number of anilines is 1. The largest absolute Gasteiger partial charge is 0.321 e. The number of aryl methyl sites for hydroxylation is 1. The first kappa shape index (κ1) is 14.0.